The lowest BCUT2D eigenvalue weighted by molar-refractivity contribution is -0.139. The topological polar surface area (TPSA) is 68.7 Å². The second-order valence-corrected chi connectivity index (χ2v) is 9.41. The molecule has 2 aliphatic carbocycles. The van der Waals surface area contributed by atoms with Gasteiger partial charge < -0.3 is 14.6 Å². The molecule has 180 valence electrons. The Morgan fingerprint density at radius 3 is 2.74 bits per heavy atom. The highest BCUT2D eigenvalue weighted by atomic mass is 19.4. The van der Waals surface area contributed by atoms with E-state index in [9.17, 15) is 23.1 Å². The van der Waals surface area contributed by atoms with Crippen LogP contribution in [0.5, 0.6) is 11.6 Å². The van der Waals surface area contributed by atoms with Gasteiger partial charge in [-0.05, 0) is 59.2 Å². The fraction of sp³-hybridized carbons (Fsp3) is 0.333. The predicted octanol–water partition coefficient (Wildman–Crippen LogP) is 5.56. The third-order valence-electron chi connectivity index (χ3n) is 7.41. The zero-order chi connectivity index (χ0) is 24.3. The van der Waals surface area contributed by atoms with Crippen molar-refractivity contribution < 1.29 is 32.5 Å². The highest BCUT2D eigenvalue weighted by Crippen LogP contribution is 2.61. The lowest BCUT2D eigenvalue weighted by Gasteiger charge is -2.28. The van der Waals surface area contributed by atoms with Crippen molar-refractivity contribution in [3.63, 3.8) is 0 Å². The molecule has 4 atom stereocenters. The first-order valence-electron chi connectivity index (χ1n) is 11.6. The Labute approximate surface area is 199 Å². The lowest BCUT2D eigenvalue weighted by Crippen LogP contribution is -2.19. The van der Waals surface area contributed by atoms with E-state index >= 15 is 0 Å². The number of fused-ring (bicyclic) bond motifs is 4. The molecule has 0 radical (unpaired) electrons. The molecular weight excluding hydrogens is 459 g/mol. The van der Waals surface area contributed by atoms with Gasteiger partial charge in [0.25, 0.3) is 0 Å². The second-order valence-electron chi connectivity index (χ2n) is 9.41. The number of nitrogens with zero attached hydrogens (tertiary/aromatic N) is 1. The molecular formula is C27H22F3NO4. The third kappa shape index (κ3) is 3.81. The Hall–Kier alpha value is -3.55. The van der Waals surface area contributed by atoms with Crippen LogP contribution in [0, 0.1) is 11.8 Å². The molecule has 1 fully saturated rings. The first-order valence-corrected chi connectivity index (χ1v) is 11.6. The molecule has 2 heterocycles. The smallest absolute Gasteiger partial charge is 0.416 e. The minimum atomic E-state index is -4.43. The van der Waals surface area contributed by atoms with E-state index in [2.05, 4.69) is 4.98 Å². The molecule has 1 unspecified atom stereocenters. The van der Waals surface area contributed by atoms with Gasteiger partial charge in [0.05, 0.1) is 18.1 Å². The molecule has 8 heteroatoms. The first kappa shape index (κ1) is 21.9. The lowest BCUT2D eigenvalue weighted by atomic mass is 9.83. The van der Waals surface area contributed by atoms with Crippen LogP contribution in [-0.4, -0.2) is 22.7 Å². The first-order chi connectivity index (χ1) is 16.8. The van der Waals surface area contributed by atoms with E-state index in [0.29, 0.717) is 31.1 Å². The number of carbonyl (C=O) groups is 1. The van der Waals surface area contributed by atoms with Crippen LogP contribution in [0.15, 0.2) is 54.7 Å². The number of pyridine rings is 1. The van der Waals surface area contributed by atoms with Crippen LogP contribution < -0.4 is 9.47 Å². The van der Waals surface area contributed by atoms with Gasteiger partial charge in [-0.25, -0.2) is 4.98 Å². The fourth-order valence-electron chi connectivity index (χ4n) is 5.76. The summed E-state index contributed by atoms with van der Waals surface area (Å²) in [4.78, 5) is 15.6. The van der Waals surface area contributed by atoms with E-state index in [1.54, 1.807) is 24.4 Å². The molecule has 35 heavy (non-hydrogen) atoms. The van der Waals surface area contributed by atoms with Crippen LogP contribution in [0.3, 0.4) is 0 Å². The summed E-state index contributed by atoms with van der Waals surface area (Å²) in [7, 11) is 0. The van der Waals surface area contributed by atoms with Gasteiger partial charge in [0.1, 0.15) is 12.4 Å². The highest BCUT2D eigenvalue weighted by molar-refractivity contribution is 5.77. The molecule has 1 aromatic heterocycles. The molecule has 6 rings (SSSR count). The summed E-state index contributed by atoms with van der Waals surface area (Å²) in [6.07, 6.45) is -1.55. The summed E-state index contributed by atoms with van der Waals surface area (Å²) >= 11 is 0. The number of aromatic nitrogens is 1. The van der Waals surface area contributed by atoms with Crippen molar-refractivity contribution in [3.05, 3.63) is 88.1 Å². The zero-order valence-corrected chi connectivity index (χ0v) is 18.6. The van der Waals surface area contributed by atoms with E-state index in [-0.39, 0.29) is 29.9 Å². The second kappa shape index (κ2) is 8.00. The van der Waals surface area contributed by atoms with Crippen LogP contribution in [0.1, 0.15) is 51.6 Å². The summed E-state index contributed by atoms with van der Waals surface area (Å²) in [5.41, 5.74) is 3.22. The maximum Gasteiger partial charge on any atom is 0.416 e. The Balaban J connectivity index is 1.22. The van der Waals surface area contributed by atoms with E-state index in [4.69, 9.17) is 9.47 Å². The molecule has 1 N–H and O–H groups in total. The molecule has 1 saturated carbocycles. The van der Waals surface area contributed by atoms with Gasteiger partial charge in [-0.1, -0.05) is 24.3 Å². The molecule has 0 spiro atoms. The predicted molar refractivity (Wildman–Crippen MR) is 119 cm³/mol. The molecule has 5 nitrogen and oxygen atoms in total. The van der Waals surface area contributed by atoms with Crippen LogP contribution in [0.4, 0.5) is 13.2 Å². The van der Waals surface area contributed by atoms with Gasteiger partial charge in [-0.3, -0.25) is 4.79 Å². The average molecular weight is 481 g/mol. The van der Waals surface area contributed by atoms with Crippen molar-refractivity contribution in [1.82, 2.24) is 4.98 Å². The van der Waals surface area contributed by atoms with Crippen molar-refractivity contribution in [3.8, 4) is 11.6 Å². The van der Waals surface area contributed by atoms with Crippen molar-refractivity contribution in [1.29, 1.82) is 0 Å². The molecule has 1 aliphatic heterocycles. The van der Waals surface area contributed by atoms with E-state index < -0.39 is 23.6 Å². The number of aliphatic carboxylic acids is 1. The Bertz CT molecular complexity index is 1320. The number of hydrogen-bond acceptors (Lipinski definition) is 4. The Kier molecular flexibility index (Phi) is 5.02. The maximum atomic E-state index is 13.7. The van der Waals surface area contributed by atoms with E-state index in [0.717, 1.165) is 28.3 Å². The van der Waals surface area contributed by atoms with Gasteiger partial charge in [0, 0.05) is 29.7 Å². The fourth-order valence-corrected chi connectivity index (χ4v) is 5.76. The zero-order valence-electron chi connectivity index (χ0n) is 18.6. The highest BCUT2D eigenvalue weighted by Gasteiger charge is 2.59. The van der Waals surface area contributed by atoms with Gasteiger partial charge in [-0.15, -0.1) is 0 Å². The van der Waals surface area contributed by atoms with Gasteiger partial charge in [-0.2, -0.15) is 13.2 Å². The summed E-state index contributed by atoms with van der Waals surface area (Å²) < 4.78 is 52.6. The third-order valence-corrected chi connectivity index (χ3v) is 7.41. The molecule has 3 aromatic rings. The number of halogens is 3. The number of ether oxygens (including phenoxy) is 2. The van der Waals surface area contributed by atoms with E-state index in [1.807, 2.05) is 18.2 Å². The van der Waals surface area contributed by atoms with Crippen molar-refractivity contribution in [2.24, 2.45) is 11.8 Å². The quantitative estimate of drug-likeness (QED) is 0.517. The largest absolute Gasteiger partial charge is 0.493 e. The summed E-state index contributed by atoms with van der Waals surface area (Å²) in [6.45, 7) is 0.556. The monoisotopic (exact) mass is 481 g/mol. The number of alkyl halides is 3. The summed E-state index contributed by atoms with van der Waals surface area (Å²) in [5.74, 6) is -0.237. The van der Waals surface area contributed by atoms with E-state index in [1.165, 1.54) is 6.07 Å². The van der Waals surface area contributed by atoms with Crippen LogP contribution in [0.2, 0.25) is 0 Å². The van der Waals surface area contributed by atoms with Crippen LogP contribution in [-0.2, 0) is 24.0 Å². The molecule has 0 amide bonds. The van der Waals surface area contributed by atoms with Crippen molar-refractivity contribution in [2.75, 3.05) is 6.61 Å². The number of carboxylic acids is 1. The maximum absolute atomic E-state index is 13.7. The number of carboxylic acid groups (broad SMARTS) is 1. The Morgan fingerprint density at radius 1 is 1.11 bits per heavy atom. The normalized spacial score (nSPS) is 24.1. The van der Waals surface area contributed by atoms with Gasteiger partial charge >= 0.3 is 12.1 Å². The minimum absolute atomic E-state index is 0.0567. The average Bonchev–Trinajstić information content (AvgIpc) is 3.44. The summed E-state index contributed by atoms with van der Waals surface area (Å²) in [6, 6.07) is 13.1. The molecule has 0 bridgehead atoms. The molecule has 3 aliphatic rings. The number of benzene rings is 2. The SMILES string of the molecule is O=C(O)[C@H]1[C@@H]2Cc3cc(OCc4ccc5c(c4)C(c4ccccc4C(F)(F)F)CCO5)ncc3[C@@H]21. The van der Waals surface area contributed by atoms with Crippen LogP contribution >= 0.6 is 0 Å². The number of rotatable bonds is 5. The van der Waals surface area contributed by atoms with Crippen LogP contribution in [0.25, 0.3) is 0 Å². The van der Waals surface area contributed by atoms with Crippen molar-refractivity contribution in [2.45, 2.75) is 37.5 Å². The Morgan fingerprint density at radius 2 is 1.94 bits per heavy atom. The standard InChI is InChI=1S/C27H22F3NO4/c28-27(29,30)21-4-2-1-3-17(21)16-7-8-34-22-6-5-14(9-18(16)22)13-35-23-11-15-10-19-24(20(15)12-31-23)25(19)26(32)33/h1-6,9,11-12,16,19,24-25H,7-8,10,13H2,(H,32,33)/t16?,19-,24-,25+/m1/s1. The van der Waals surface area contributed by atoms with Gasteiger partial charge in [0.15, 0.2) is 0 Å². The number of hydrogen-bond donors (Lipinski definition) is 1. The minimum Gasteiger partial charge on any atom is -0.493 e. The van der Waals surface area contributed by atoms with Gasteiger partial charge in [0.2, 0.25) is 5.88 Å². The molecule has 2 aromatic carbocycles. The molecule has 0 saturated heterocycles. The van der Waals surface area contributed by atoms with Crippen molar-refractivity contribution >= 4 is 5.97 Å². The summed E-state index contributed by atoms with van der Waals surface area (Å²) in [5, 5.41) is 9.27.